The first-order chi connectivity index (χ1) is 12.1. The highest BCUT2D eigenvalue weighted by Gasteiger charge is 2.34. The second kappa shape index (κ2) is 7.78. The maximum Gasteiger partial charge on any atom is 0.264 e. The first kappa shape index (κ1) is 17.6. The van der Waals surface area contributed by atoms with E-state index in [1.54, 1.807) is 11.1 Å². The maximum atomic E-state index is 12.8. The third kappa shape index (κ3) is 3.90. The second-order valence-electron chi connectivity index (χ2n) is 6.46. The number of thiophene rings is 1. The summed E-state index contributed by atoms with van der Waals surface area (Å²) in [7, 11) is 0. The lowest BCUT2D eigenvalue weighted by atomic mass is 9.93. The van der Waals surface area contributed by atoms with Gasteiger partial charge in [-0.05, 0) is 36.4 Å². The van der Waals surface area contributed by atoms with E-state index in [-0.39, 0.29) is 17.9 Å². The Bertz CT molecular complexity index is 745. The van der Waals surface area contributed by atoms with Crippen LogP contribution in [0.1, 0.15) is 53.5 Å². The van der Waals surface area contributed by atoms with Crippen LogP contribution in [-0.2, 0) is 11.3 Å². The van der Waals surface area contributed by atoms with Crippen molar-refractivity contribution in [2.24, 2.45) is 0 Å². The molecule has 1 N–H and O–H groups in total. The zero-order chi connectivity index (χ0) is 17.8. The van der Waals surface area contributed by atoms with Crippen molar-refractivity contribution in [3.05, 3.63) is 52.0 Å². The number of fused-ring (bicyclic) bond motifs is 1. The number of rotatable bonds is 5. The Balaban J connectivity index is 1.83. The van der Waals surface area contributed by atoms with Gasteiger partial charge in [0.15, 0.2) is 0 Å². The van der Waals surface area contributed by atoms with E-state index in [2.05, 4.69) is 17.2 Å². The molecule has 0 spiro atoms. The predicted octanol–water partition coefficient (Wildman–Crippen LogP) is 3.19. The number of hydrogen-bond donors (Lipinski definition) is 1. The molecule has 2 unspecified atom stereocenters. The molecule has 0 aromatic carbocycles. The minimum atomic E-state index is -0.423. The van der Waals surface area contributed by atoms with Crippen LogP contribution in [0, 0.1) is 0 Å². The molecular weight excluding hydrogens is 334 g/mol. The first-order valence-electron chi connectivity index (χ1n) is 8.67. The van der Waals surface area contributed by atoms with Gasteiger partial charge in [-0.15, -0.1) is 11.3 Å². The zero-order valence-electron chi connectivity index (χ0n) is 14.6. The number of nitrogens with zero attached hydrogens (tertiary/aromatic N) is 2. The van der Waals surface area contributed by atoms with Crippen molar-refractivity contribution >= 4 is 23.2 Å². The highest BCUT2D eigenvalue weighted by molar-refractivity contribution is 7.12. The van der Waals surface area contributed by atoms with Gasteiger partial charge in [0.05, 0.1) is 16.5 Å². The van der Waals surface area contributed by atoms with Crippen molar-refractivity contribution in [3.63, 3.8) is 0 Å². The molecule has 0 saturated carbocycles. The summed E-state index contributed by atoms with van der Waals surface area (Å²) in [5.74, 6) is -0.498. The van der Waals surface area contributed by atoms with E-state index in [4.69, 9.17) is 0 Å². The summed E-state index contributed by atoms with van der Waals surface area (Å²) in [6, 6.07) is 7.62. The topological polar surface area (TPSA) is 62.3 Å². The Morgan fingerprint density at radius 1 is 1.40 bits per heavy atom. The fourth-order valence-electron chi connectivity index (χ4n) is 3.24. The Morgan fingerprint density at radius 2 is 2.24 bits per heavy atom. The largest absolute Gasteiger partial charge is 0.353 e. The third-order valence-electron chi connectivity index (χ3n) is 4.47. The quantitative estimate of drug-likeness (QED) is 0.894. The average Bonchev–Trinajstić information content (AvgIpc) is 3.14. The average molecular weight is 357 g/mol. The fraction of sp³-hybridized carbons (Fsp3) is 0.421. The number of carbonyl (C=O) groups excluding carboxylic acids is 2. The molecule has 3 heterocycles. The lowest BCUT2D eigenvalue weighted by molar-refractivity contribution is -0.123. The van der Waals surface area contributed by atoms with Crippen LogP contribution in [0.5, 0.6) is 0 Å². The molecule has 3 rings (SSSR count). The van der Waals surface area contributed by atoms with Gasteiger partial charge >= 0.3 is 0 Å². The molecule has 0 saturated heterocycles. The van der Waals surface area contributed by atoms with E-state index < -0.39 is 5.92 Å². The van der Waals surface area contributed by atoms with E-state index in [9.17, 15) is 9.59 Å². The van der Waals surface area contributed by atoms with Crippen LogP contribution in [0.4, 0.5) is 0 Å². The molecular formula is C19H23N3O2S. The smallest absolute Gasteiger partial charge is 0.264 e. The van der Waals surface area contributed by atoms with E-state index in [1.807, 2.05) is 36.6 Å². The van der Waals surface area contributed by atoms with Crippen molar-refractivity contribution in [3.8, 4) is 0 Å². The summed E-state index contributed by atoms with van der Waals surface area (Å²) in [5, 5.41) is 4.96. The molecule has 2 aromatic rings. The van der Waals surface area contributed by atoms with Gasteiger partial charge in [0.2, 0.25) is 5.91 Å². The Hall–Kier alpha value is -2.21. The summed E-state index contributed by atoms with van der Waals surface area (Å²) in [4.78, 5) is 32.5. The summed E-state index contributed by atoms with van der Waals surface area (Å²) < 4.78 is 0. The number of pyridine rings is 1. The molecule has 1 aliphatic heterocycles. The summed E-state index contributed by atoms with van der Waals surface area (Å²) in [6.07, 6.45) is 3.67. The number of carbonyl (C=O) groups is 2. The molecule has 2 aromatic heterocycles. The van der Waals surface area contributed by atoms with E-state index in [0.29, 0.717) is 18.0 Å². The number of nitrogens with one attached hydrogen (secondary N) is 1. The second-order valence-corrected chi connectivity index (χ2v) is 7.41. The van der Waals surface area contributed by atoms with Gasteiger partial charge in [-0.3, -0.25) is 14.6 Å². The van der Waals surface area contributed by atoms with Crippen LogP contribution < -0.4 is 5.32 Å². The third-order valence-corrected chi connectivity index (χ3v) is 5.32. The van der Waals surface area contributed by atoms with Crippen molar-refractivity contribution in [2.45, 2.75) is 45.2 Å². The molecule has 1 aliphatic rings. The van der Waals surface area contributed by atoms with E-state index in [1.165, 1.54) is 11.3 Å². The maximum absolute atomic E-state index is 12.8. The molecule has 0 radical (unpaired) electrons. The summed E-state index contributed by atoms with van der Waals surface area (Å²) >= 11 is 1.43. The fourth-order valence-corrected chi connectivity index (χ4v) is 3.93. The van der Waals surface area contributed by atoms with Crippen LogP contribution >= 0.6 is 11.3 Å². The Kier molecular flexibility index (Phi) is 5.48. The molecule has 2 amide bonds. The lowest BCUT2D eigenvalue weighted by Crippen LogP contribution is -2.45. The van der Waals surface area contributed by atoms with Crippen LogP contribution in [0.3, 0.4) is 0 Å². The van der Waals surface area contributed by atoms with Crippen molar-refractivity contribution in [2.75, 3.05) is 6.54 Å². The van der Waals surface area contributed by atoms with E-state index in [0.717, 1.165) is 24.1 Å². The van der Waals surface area contributed by atoms with Crippen LogP contribution in [0.15, 0.2) is 35.8 Å². The van der Waals surface area contributed by atoms with Gasteiger partial charge in [0.25, 0.3) is 5.91 Å². The molecule has 25 heavy (non-hydrogen) atoms. The monoisotopic (exact) mass is 357 g/mol. The molecule has 6 heteroatoms. The number of aromatic nitrogens is 1. The molecule has 0 bridgehead atoms. The number of hydrogen-bond acceptors (Lipinski definition) is 4. The predicted molar refractivity (Wildman–Crippen MR) is 98.6 cm³/mol. The minimum absolute atomic E-state index is 0.0242. The molecule has 5 nitrogen and oxygen atoms in total. The van der Waals surface area contributed by atoms with Crippen LogP contribution in [0.25, 0.3) is 0 Å². The van der Waals surface area contributed by atoms with Gasteiger partial charge < -0.3 is 10.2 Å². The number of amides is 2. The van der Waals surface area contributed by atoms with Gasteiger partial charge in [0, 0.05) is 25.3 Å². The first-order valence-corrected chi connectivity index (χ1v) is 9.55. The molecule has 0 aliphatic carbocycles. The Labute approximate surface area is 152 Å². The van der Waals surface area contributed by atoms with Gasteiger partial charge in [0.1, 0.15) is 0 Å². The van der Waals surface area contributed by atoms with Crippen molar-refractivity contribution in [1.29, 1.82) is 0 Å². The normalized spacial score (nSPS) is 17.7. The molecule has 132 valence electrons. The van der Waals surface area contributed by atoms with Gasteiger partial charge in [-0.1, -0.05) is 25.5 Å². The highest BCUT2D eigenvalue weighted by atomic mass is 32.1. The van der Waals surface area contributed by atoms with Gasteiger partial charge in [-0.2, -0.15) is 0 Å². The standard InChI is InChI=1S/C19H23N3O2S/c1-3-6-13(2)21-18(23)15-12-22(19(24)16-8-5-10-25-16)11-14-7-4-9-20-17(14)15/h4-5,7-10,13,15H,3,6,11-12H2,1-2H3,(H,21,23). The van der Waals surface area contributed by atoms with Crippen LogP contribution in [0.2, 0.25) is 0 Å². The molecule has 2 atom stereocenters. The summed E-state index contributed by atoms with van der Waals surface area (Å²) in [6.45, 7) is 4.97. The van der Waals surface area contributed by atoms with Gasteiger partial charge in [-0.25, -0.2) is 0 Å². The minimum Gasteiger partial charge on any atom is -0.353 e. The zero-order valence-corrected chi connectivity index (χ0v) is 15.4. The Morgan fingerprint density at radius 3 is 2.96 bits per heavy atom. The molecule has 0 fully saturated rings. The van der Waals surface area contributed by atoms with Crippen molar-refractivity contribution in [1.82, 2.24) is 15.2 Å². The SMILES string of the molecule is CCCC(C)NC(=O)C1CN(C(=O)c2cccs2)Cc2cccnc21. The van der Waals surface area contributed by atoms with Crippen LogP contribution in [-0.4, -0.2) is 34.3 Å². The summed E-state index contributed by atoms with van der Waals surface area (Å²) in [5.41, 5.74) is 1.74. The lowest BCUT2D eigenvalue weighted by Gasteiger charge is -2.33. The van der Waals surface area contributed by atoms with E-state index >= 15 is 0 Å². The highest BCUT2D eigenvalue weighted by Crippen LogP contribution is 2.28. The van der Waals surface area contributed by atoms with Crippen molar-refractivity contribution < 1.29 is 9.59 Å².